The second-order valence-electron chi connectivity index (χ2n) is 3.77. The highest BCUT2D eigenvalue weighted by Crippen LogP contribution is 2.27. The van der Waals surface area contributed by atoms with Crippen molar-refractivity contribution in [3.63, 3.8) is 0 Å². The molecule has 0 amide bonds. The highest BCUT2D eigenvalue weighted by Gasteiger charge is 2.08. The van der Waals surface area contributed by atoms with Crippen LogP contribution in [0.5, 0.6) is 0 Å². The number of rotatable bonds is 2. The molecule has 0 aliphatic rings. The van der Waals surface area contributed by atoms with Crippen LogP contribution in [0.4, 0.5) is 4.39 Å². The van der Waals surface area contributed by atoms with E-state index < -0.39 is 6.10 Å². The average Bonchev–Trinajstić information content (AvgIpc) is 2.30. The summed E-state index contributed by atoms with van der Waals surface area (Å²) in [7, 11) is 0. The SMILES string of the molecule is CC(O)c1ccccc1-c1ccc(F)cc1. The lowest BCUT2D eigenvalue weighted by Gasteiger charge is -2.11. The molecule has 2 aromatic rings. The lowest BCUT2D eigenvalue weighted by Crippen LogP contribution is -1.94. The fourth-order valence-corrected chi connectivity index (χ4v) is 1.75. The predicted octanol–water partition coefficient (Wildman–Crippen LogP) is 3.55. The van der Waals surface area contributed by atoms with Crippen LogP contribution < -0.4 is 0 Å². The summed E-state index contributed by atoms with van der Waals surface area (Å²) in [6, 6.07) is 13.9. The molecule has 2 heteroatoms. The van der Waals surface area contributed by atoms with Gasteiger partial charge in [0.2, 0.25) is 0 Å². The van der Waals surface area contributed by atoms with E-state index in [1.54, 1.807) is 19.1 Å². The number of halogens is 1. The van der Waals surface area contributed by atoms with Gasteiger partial charge >= 0.3 is 0 Å². The minimum Gasteiger partial charge on any atom is -0.389 e. The maximum Gasteiger partial charge on any atom is 0.123 e. The first-order valence-electron chi connectivity index (χ1n) is 5.21. The Hall–Kier alpha value is -1.67. The van der Waals surface area contributed by atoms with Crippen LogP contribution in [-0.4, -0.2) is 5.11 Å². The summed E-state index contributed by atoms with van der Waals surface area (Å²) in [6.45, 7) is 1.72. The van der Waals surface area contributed by atoms with Gasteiger partial charge in [-0.3, -0.25) is 0 Å². The van der Waals surface area contributed by atoms with Crippen molar-refractivity contribution in [1.82, 2.24) is 0 Å². The third-order valence-electron chi connectivity index (χ3n) is 2.57. The first-order valence-corrected chi connectivity index (χ1v) is 5.21. The van der Waals surface area contributed by atoms with E-state index in [-0.39, 0.29) is 5.82 Å². The normalized spacial score (nSPS) is 12.4. The number of aliphatic hydroxyl groups is 1. The van der Waals surface area contributed by atoms with Crippen molar-refractivity contribution in [3.05, 3.63) is 59.9 Å². The van der Waals surface area contributed by atoms with Crippen LogP contribution in [0.15, 0.2) is 48.5 Å². The molecule has 0 heterocycles. The summed E-state index contributed by atoms with van der Waals surface area (Å²) < 4.78 is 12.8. The molecule has 0 fully saturated rings. The molecule has 0 aliphatic carbocycles. The van der Waals surface area contributed by atoms with Crippen LogP contribution in [0, 0.1) is 5.82 Å². The molecule has 1 N–H and O–H groups in total. The topological polar surface area (TPSA) is 20.2 Å². The van der Waals surface area contributed by atoms with Crippen LogP contribution in [0.2, 0.25) is 0 Å². The third kappa shape index (κ3) is 2.12. The fraction of sp³-hybridized carbons (Fsp3) is 0.143. The van der Waals surface area contributed by atoms with Gasteiger partial charge in [0.15, 0.2) is 0 Å². The Kier molecular flexibility index (Phi) is 3.02. The molecule has 2 aromatic carbocycles. The minimum atomic E-state index is -0.527. The summed E-state index contributed by atoms with van der Waals surface area (Å²) in [5.41, 5.74) is 2.71. The summed E-state index contributed by atoms with van der Waals surface area (Å²) in [5.74, 6) is -0.252. The minimum absolute atomic E-state index is 0.252. The Morgan fingerprint density at radius 3 is 2.25 bits per heavy atom. The van der Waals surface area contributed by atoms with Gasteiger partial charge in [0, 0.05) is 0 Å². The molecule has 0 spiro atoms. The molecular weight excluding hydrogens is 203 g/mol. The van der Waals surface area contributed by atoms with Gasteiger partial charge in [-0.15, -0.1) is 0 Å². The van der Waals surface area contributed by atoms with Crippen molar-refractivity contribution in [2.24, 2.45) is 0 Å². The maximum atomic E-state index is 12.8. The monoisotopic (exact) mass is 216 g/mol. The van der Waals surface area contributed by atoms with Crippen LogP contribution in [0.1, 0.15) is 18.6 Å². The van der Waals surface area contributed by atoms with E-state index in [0.717, 1.165) is 16.7 Å². The third-order valence-corrected chi connectivity index (χ3v) is 2.57. The first kappa shape index (κ1) is 10.8. The Morgan fingerprint density at radius 1 is 1.00 bits per heavy atom. The molecular formula is C14H13FO. The smallest absolute Gasteiger partial charge is 0.123 e. The van der Waals surface area contributed by atoms with E-state index in [0.29, 0.717) is 0 Å². The molecule has 0 aliphatic heterocycles. The highest BCUT2D eigenvalue weighted by atomic mass is 19.1. The maximum absolute atomic E-state index is 12.8. The molecule has 1 nitrogen and oxygen atoms in total. The Labute approximate surface area is 94.2 Å². The van der Waals surface area contributed by atoms with E-state index in [9.17, 15) is 9.50 Å². The summed E-state index contributed by atoms with van der Waals surface area (Å²) in [5, 5.41) is 9.65. The number of hydrogen-bond acceptors (Lipinski definition) is 1. The van der Waals surface area contributed by atoms with Gasteiger partial charge in [0.25, 0.3) is 0 Å². The van der Waals surface area contributed by atoms with Crippen LogP contribution in [0.25, 0.3) is 11.1 Å². The van der Waals surface area contributed by atoms with Crippen molar-refractivity contribution in [2.75, 3.05) is 0 Å². The van der Waals surface area contributed by atoms with Crippen molar-refractivity contribution in [2.45, 2.75) is 13.0 Å². The number of benzene rings is 2. The molecule has 0 saturated carbocycles. The van der Waals surface area contributed by atoms with E-state index in [2.05, 4.69) is 0 Å². The van der Waals surface area contributed by atoms with Gasteiger partial charge in [0.1, 0.15) is 5.82 Å². The quantitative estimate of drug-likeness (QED) is 0.814. The molecule has 1 unspecified atom stereocenters. The molecule has 0 radical (unpaired) electrons. The summed E-state index contributed by atoms with van der Waals surface area (Å²) in [6.07, 6.45) is -0.527. The zero-order valence-corrected chi connectivity index (χ0v) is 9.02. The van der Waals surface area contributed by atoms with E-state index in [4.69, 9.17) is 0 Å². The fourth-order valence-electron chi connectivity index (χ4n) is 1.75. The van der Waals surface area contributed by atoms with Gasteiger partial charge in [-0.2, -0.15) is 0 Å². The summed E-state index contributed by atoms with van der Waals surface area (Å²) >= 11 is 0. The number of hydrogen-bond donors (Lipinski definition) is 1. The number of aliphatic hydroxyl groups excluding tert-OH is 1. The Balaban J connectivity index is 2.51. The van der Waals surface area contributed by atoms with Gasteiger partial charge in [-0.1, -0.05) is 36.4 Å². The second kappa shape index (κ2) is 4.45. The van der Waals surface area contributed by atoms with E-state index in [1.165, 1.54) is 12.1 Å². The molecule has 16 heavy (non-hydrogen) atoms. The van der Waals surface area contributed by atoms with Crippen molar-refractivity contribution in [1.29, 1.82) is 0 Å². The first-order chi connectivity index (χ1) is 7.68. The molecule has 0 aromatic heterocycles. The van der Waals surface area contributed by atoms with Crippen LogP contribution >= 0.6 is 0 Å². The lowest BCUT2D eigenvalue weighted by molar-refractivity contribution is 0.200. The van der Waals surface area contributed by atoms with Crippen molar-refractivity contribution in [3.8, 4) is 11.1 Å². The zero-order chi connectivity index (χ0) is 11.5. The van der Waals surface area contributed by atoms with Crippen molar-refractivity contribution >= 4 is 0 Å². The highest BCUT2D eigenvalue weighted by molar-refractivity contribution is 5.67. The molecule has 0 saturated heterocycles. The standard InChI is InChI=1S/C14H13FO/c1-10(16)13-4-2-3-5-14(13)11-6-8-12(15)9-7-11/h2-10,16H,1H3. The second-order valence-corrected chi connectivity index (χ2v) is 3.77. The molecule has 1 atom stereocenters. The zero-order valence-electron chi connectivity index (χ0n) is 9.02. The van der Waals surface area contributed by atoms with Crippen LogP contribution in [-0.2, 0) is 0 Å². The molecule has 2 rings (SSSR count). The predicted molar refractivity (Wildman–Crippen MR) is 62.5 cm³/mol. The average molecular weight is 216 g/mol. The van der Waals surface area contributed by atoms with Crippen molar-refractivity contribution < 1.29 is 9.50 Å². The molecule has 82 valence electrons. The van der Waals surface area contributed by atoms with Gasteiger partial charge < -0.3 is 5.11 Å². The van der Waals surface area contributed by atoms with E-state index in [1.807, 2.05) is 24.3 Å². The van der Waals surface area contributed by atoms with Crippen LogP contribution in [0.3, 0.4) is 0 Å². The summed E-state index contributed by atoms with van der Waals surface area (Å²) in [4.78, 5) is 0. The molecule has 0 bridgehead atoms. The van der Waals surface area contributed by atoms with E-state index >= 15 is 0 Å². The Morgan fingerprint density at radius 2 is 1.62 bits per heavy atom. The lowest BCUT2D eigenvalue weighted by atomic mass is 9.97. The van der Waals surface area contributed by atoms with Gasteiger partial charge in [0.05, 0.1) is 6.10 Å². The Bertz CT molecular complexity index is 474. The van der Waals surface area contributed by atoms with Gasteiger partial charge in [-0.25, -0.2) is 4.39 Å². The van der Waals surface area contributed by atoms with Gasteiger partial charge in [-0.05, 0) is 35.7 Å². The largest absolute Gasteiger partial charge is 0.389 e.